The molecule has 0 spiro atoms. The highest BCUT2D eigenvalue weighted by molar-refractivity contribution is 7.19. The Morgan fingerprint density at radius 2 is 0.884 bits per heavy atom. The third kappa shape index (κ3) is 4.90. The standard InChI is InChI=1S/C36H29NO4S2/c1-2-3-16-37-27-8-4-21(33-12-14-35(42-33)23-6-10-29(38)31(40)19-23)17-25(27)26-18-22(5-9-28(26)37)34-13-15-36(43-34)24-7-11-30(39)32(41)20-24/h4-15,17-20,38-41H,2-3,16H2,1H3. The number of fused-ring (bicyclic) bond motifs is 3. The summed E-state index contributed by atoms with van der Waals surface area (Å²) in [7, 11) is 0. The maximum atomic E-state index is 9.99. The van der Waals surface area contributed by atoms with Crippen LogP contribution >= 0.6 is 22.7 Å². The first kappa shape index (κ1) is 27.1. The van der Waals surface area contributed by atoms with Crippen molar-refractivity contribution in [2.24, 2.45) is 0 Å². The van der Waals surface area contributed by atoms with E-state index in [0.717, 1.165) is 61.1 Å². The Labute approximate surface area is 256 Å². The van der Waals surface area contributed by atoms with Crippen molar-refractivity contribution in [3.05, 3.63) is 97.1 Å². The van der Waals surface area contributed by atoms with Crippen LogP contribution in [0.3, 0.4) is 0 Å². The Kier molecular flexibility index (Phi) is 6.84. The fourth-order valence-corrected chi connectivity index (χ4v) is 7.61. The predicted molar refractivity (Wildman–Crippen MR) is 179 cm³/mol. The molecule has 0 amide bonds. The van der Waals surface area contributed by atoms with Gasteiger partial charge in [-0.25, -0.2) is 0 Å². The van der Waals surface area contributed by atoms with Gasteiger partial charge in [0.05, 0.1) is 0 Å². The average molecular weight is 604 g/mol. The molecule has 5 nitrogen and oxygen atoms in total. The highest BCUT2D eigenvalue weighted by Gasteiger charge is 2.15. The molecule has 0 fully saturated rings. The highest BCUT2D eigenvalue weighted by atomic mass is 32.1. The second-order valence-corrected chi connectivity index (χ2v) is 12.9. The lowest BCUT2D eigenvalue weighted by atomic mass is 10.1. The van der Waals surface area contributed by atoms with E-state index >= 15 is 0 Å². The second kappa shape index (κ2) is 10.8. The van der Waals surface area contributed by atoms with Gasteiger partial charge in [-0.3, -0.25) is 0 Å². The summed E-state index contributed by atoms with van der Waals surface area (Å²) < 4.78 is 2.43. The lowest BCUT2D eigenvalue weighted by molar-refractivity contribution is 0.404. The van der Waals surface area contributed by atoms with Gasteiger partial charge >= 0.3 is 0 Å². The fourth-order valence-electron chi connectivity index (χ4n) is 5.62. The van der Waals surface area contributed by atoms with E-state index in [9.17, 15) is 20.4 Å². The minimum Gasteiger partial charge on any atom is -0.504 e. The number of nitrogens with zero attached hydrogens (tertiary/aromatic N) is 1. The molecule has 4 aromatic carbocycles. The Morgan fingerprint density at radius 3 is 1.28 bits per heavy atom. The van der Waals surface area contributed by atoms with Crippen LogP contribution < -0.4 is 0 Å². The molecule has 0 radical (unpaired) electrons. The van der Waals surface area contributed by atoms with Crippen LogP contribution in [0, 0.1) is 0 Å². The van der Waals surface area contributed by atoms with Gasteiger partial charge in [-0.05, 0) is 114 Å². The summed E-state index contributed by atoms with van der Waals surface area (Å²) in [6.07, 6.45) is 2.22. The van der Waals surface area contributed by atoms with Gasteiger partial charge in [0.1, 0.15) is 0 Å². The van der Waals surface area contributed by atoms with Crippen molar-refractivity contribution in [1.82, 2.24) is 4.57 Å². The maximum absolute atomic E-state index is 9.99. The molecule has 43 heavy (non-hydrogen) atoms. The zero-order valence-corrected chi connectivity index (χ0v) is 25.0. The third-order valence-corrected chi connectivity index (χ3v) is 10.3. The van der Waals surface area contributed by atoms with E-state index in [-0.39, 0.29) is 23.0 Å². The summed E-state index contributed by atoms with van der Waals surface area (Å²) >= 11 is 3.32. The van der Waals surface area contributed by atoms with E-state index < -0.39 is 0 Å². The zero-order chi connectivity index (χ0) is 29.7. The van der Waals surface area contributed by atoms with Crippen molar-refractivity contribution < 1.29 is 20.4 Å². The van der Waals surface area contributed by atoms with Crippen LogP contribution in [0.4, 0.5) is 0 Å². The highest BCUT2D eigenvalue weighted by Crippen LogP contribution is 2.42. The molecule has 0 bridgehead atoms. The number of aromatic hydroxyl groups is 4. The Morgan fingerprint density at radius 1 is 0.488 bits per heavy atom. The summed E-state index contributed by atoms with van der Waals surface area (Å²) in [6, 6.07) is 31.6. The normalized spacial score (nSPS) is 11.6. The minimum absolute atomic E-state index is 0.122. The number of thiophene rings is 2. The van der Waals surface area contributed by atoms with Crippen molar-refractivity contribution in [1.29, 1.82) is 0 Å². The molecule has 7 heteroatoms. The minimum atomic E-state index is -0.122. The van der Waals surface area contributed by atoms with E-state index in [1.54, 1.807) is 34.8 Å². The molecule has 0 unspecified atom stereocenters. The summed E-state index contributed by atoms with van der Waals surface area (Å²) in [5, 5.41) is 41.8. The first-order valence-electron chi connectivity index (χ1n) is 14.2. The largest absolute Gasteiger partial charge is 0.504 e. The molecule has 0 atom stereocenters. The van der Waals surface area contributed by atoms with Gasteiger partial charge in [-0.15, -0.1) is 22.7 Å². The lowest BCUT2D eigenvalue weighted by Gasteiger charge is -2.07. The smallest absolute Gasteiger partial charge is 0.158 e. The van der Waals surface area contributed by atoms with E-state index in [4.69, 9.17) is 0 Å². The van der Waals surface area contributed by atoms with Crippen molar-refractivity contribution in [3.8, 4) is 64.8 Å². The van der Waals surface area contributed by atoms with Crippen LogP contribution in [-0.4, -0.2) is 25.0 Å². The lowest BCUT2D eigenvalue weighted by Crippen LogP contribution is -1.96. The second-order valence-electron chi connectivity index (χ2n) is 10.7. The molecule has 7 aromatic rings. The molecule has 0 aliphatic heterocycles. The van der Waals surface area contributed by atoms with Crippen LogP contribution in [-0.2, 0) is 6.54 Å². The number of benzene rings is 4. The maximum Gasteiger partial charge on any atom is 0.158 e. The number of aryl methyl sites for hydroxylation is 1. The molecule has 3 heterocycles. The van der Waals surface area contributed by atoms with Gasteiger partial charge < -0.3 is 25.0 Å². The summed E-state index contributed by atoms with van der Waals surface area (Å²) in [4.78, 5) is 4.31. The summed E-state index contributed by atoms with van der Waals surface area (Å²) in [6.45, 7) is 3.17. The summed E-state index contributed by atoms with van der Waals surface area (Å²) in [5.41, 5.74) is 6.44. The van der Waals surface area contributed by atoms with Crippen LogP contribution in [0.15, 0.2) is 97.1 Å². The number of phenols is 4. The third-order valence-electron chi connectivity index (χ3n) is 7.90. The number of hydrogen-bond donors (Lipinski definition) is 4. The van der Waals surface area contributed by atoms with Gasteiger partial charge in [0.25, 0.3) is 0 Å². The molecule has 0 aliphatic carbocycles. The van der Waals surface area contributed by atoms with Crippen molar-refractivity contribution in [2.45, 2.75) is 26.3 Å². The van der Waals surface area contributed by atoms with Crippen LogP contribution in [0.2, 0.25) is 0 Å². The van der Waals surface area contributed by atoms with Crippen LogP contribution in [0.1, 0.15) is 19.8 Å². The Balaban J connectivity index is 1.31. The molecule has 0 saturated carbocycles. The fraction of sp³-hybridized carbons (Fsp3) is 0.111. The molecule has 214 valence electrons. The quantitative estimate of drug-likeness (QED) is 0.137. The van der Waals surface area contributed by atoms with Crippen LogP contribution in [0.25, 0.3) is 63.6 Å². The topological polar surface area (TPSA) is 85.9 Å². The van der Waals surface area contributed by atoms with Gasteiger partial charge in [-0.1, -0.05) is 25.5 Å². The van der Waals surface area contributed by atoms with Crippen molar-refractivity contribution in [3.63, 3.8) is 0 Å². The number of hydrogen-bond acceptors (Lipinski definition) is 6. The Hall–Kier alpha value is -4.72. The molecule has 0 aliphatic rings. The first-order chi connectivity index (χ1) is 20.9. The van der Waals surface area contributed by atoms with Crippen LogP contribution in [0.5, 0.6) is 23.0 Å². The van der Waals surface area contributed by atoms with E-state index in [2.05, 4.69) is 72.2 Å². The summed E-state index contributed by atoms with van der Waals surface area (Å²) in [5.74, 6) is -0.487. The van der Waals surface area contributed by atoms with Crippen molar-refractivity contribution >= 4 is 44.5 Å². The number of phenolic OH excluding ortho intramolecular Hbond substituents is 4. The molecular formula is C36H29NO4S2. The van der Waals surface area contributed by atoms with E-state index in [0.29, 0.717) is 0 Å². The van der Waals surface area contributed by atoms with Crippen molar-refractivity contribution in [2.75, 3.05) is 0 Å². The SMILES string of the molecule is CCCCn1c2ccc(-c3ccc(-c4ccc(O)c(O)c4)s3)cc2c2cc(-c3ccc(-c4ccc(O)c(O)c4)s3)ccc21. The average Bonchev–Trinajstić information content (AvgIpc) is 3.77. The van der Waals surface area contributed by atoms with E-state index in [1.165, 1.54) is 33.9 Å². The van der Waals surface area contributed by atoms with Gasteiger partial charge in [-0.2, -0.15) is 0 Å². The molecule has 0 saturated heterocycles. The van der Waals surface area contributed by atoms with Gasteiger partial charge in [0.2, 0.25) is 0 Å². The first-order valence-corrected chi connectivity index (χ1v) is 15.8. The van der Waals surface area contributed by atoms with Gasteiger partial charge in [0, 0.05) is 47.9 Å². The Bertz CT molecular complexity index is 1990. The predicted octanol–water partition coefficient (Wildman–Crippen LogP) is 10.2. The zero-order valence-electron chi connectivity index (χ0n) is 23.4. The molecular weight excluding hydrogens is 575 g/mol. The number of aromatic nitrogens is 1. The van der Waals surface area contributed by atoms with Gasteiger partial charge in [0.15, 0.2) is 23.0 Å². The number of rotatable bonds is 7. The molecule has 7 rings (SSSR count). The number of unbranched alkanes of at least 4 members (excludes halogenated alkanes) is 1. The van der Waals surface area contributed by atoms with E-state index in [1.807, 2.05) is 12.1 Å². The molecule has 3 aromatic heterocycles. The monoisotopic (exact) mass is 603 g/mol. The molecule has 4 N–H and O–H groups in total.